The third kappa shape index (κ3) is 4.60. The Labute approximate surface area is 214 Å². The van der Waals surface area contributed by atoms with E-state index in [1.807, 2.05) is 31.4 Å². The van der Waals surface area contributed by atoms with E-state index in [4.69, 9.17) is 16.3 Å². The largest absolute Gasteiger partial charge is 0.507 e. The first-order chi connectivity index (χ1) is 16.5. The van der Waals surface area contributed by atoms with Crippen molar-refractivity contribution in [1.29, 1.82) is 0 Å². The molecule has 1 saturated heterocycles. The topological polar surface area (TPSA) is 66.8 Å². The lowest BCUT2D eigenvalue weighted by atomic mass is 9.84. The maximum Gasteiger partial charge on any atom is 0.300 e. The van der Waals surface area contributed by atoms with Crippen molar-refractivity contribution in [2.45, 2.75) is 46.1 Å². The van der Waals surface area contributed by atoms with Crippen LogP contribution in [0.15, 0.2) is 59.5 Å². The number of amides is 1. The minimum atomic E-state index is -0.766. The highest BCUT2D eigenvalue weighted by molar-refractivity contribution is 7.10. The molecule has 1 amide bonds. The molecule has 5 nitrogen and oxygen atoms in total. The highest BCUT2D eigenvalue weighted by atomic mass is 35.5. The first kappa shape index (κ1) is 25.0. The Bertz CT molecular complexity index is 1330. The average Bonchev–Trinajstić information content (AvgIpc) is 3.33. The molecule has 0 radical (unpaired) electrons. The molecular weight excluding hydrogens is 482 g/mol. The van der Waals surface area contributed by atoms with Gasteiger partial charge in [0, 0.05) is 26.7 Å². The molecule has 182 valence electrons. The number of rotatable bonds is 5. The van der Waals surface area contributed by atoms with Gasteiger partial charge in [0.05, 0.1) is 12.2 Å². The van der Waals surface area contributed by atoms with Crippen LogP contribution in [0.3, 0.4) is 0 Å². The number of carbonyl (C=O) groups is 2. The van der Waals surface area contributed by atoms with Crippen molar-refractivity contribution < 1.29 is 19.4 Å². The lowest BCUT2D eigenvalue weighted by molar-refractivity contribution is -0.132. The fourth-order valence-electron chi connectivity index (χ4n) is 4.34. The molecule has 1 aliphatic rings. The molecule has 0 saturated carbocycles. The van der Waals surface area contributed by atoms with Gasteiger partial charge in [-0.3, -0.25) is 14.5 Å². The Kier molecular flexibility index (Phi) is 6.80. The molecule has 1 N–H and O–H groups in total. The number of benzene rings is 2. The van der Waals surface area contributed by atoms with Gasteiger partial charge in [-0.2, -0.15) is 0 Å². The first-order valence-electron chi connectivity index (χ1n) is 11.4. The van der Waals surface area contributed by atoms with Crippen LogP contribution in [0.4, 0.5) is 5.69 Å². The molecule has 0 spiro atoms. The molecule has 0 bridgehead atoms. The lowest BCUT2D eigenvalue weighted by Crippen LogP contribution is -2.29. The van der Waals surface area contributed by atoms with Crippen LogP contribution in [-0.4, -0.2) is 23.4 Å². The van der Waals surface area contributed by atoms with Crippen molar-refractivity contribution in [2.24, 2.45) is 0 Å². The highest BCUT2D eigenvalue weighted by Crippen LogP contribution is 2.45. The Balaban J connectivity index is 1.95. The molecule has 7 heteroatoms. The summed E-state index contributed by atoms with van der Waals surface area (Å²) in [5.74, 6) is -0.916. The molecule has 35 heavy (non-hydrogen) atoms. The predicted octanol–water partition coefficient (Wildman–Crippen LogP) is 7.03. The van der Waals surface area contributed by atoms with E-state index in [0.717, 1.165) is 21.8 Å². The van der Waals surface area contributed by atoms with Gasteiger partial charge in [-0.25, -0.2) is 0 Å². The number of Topliss-reactive ketones (excluding diaryl/α,β-unsaturated/α-hetero) is 1. The molecule has 3 aromatic rings. The summed E-state index contributed by atoms with van der Waals surface area (Å²) < 4.78 is 5.81. The van der Waals surface area contributed by atoms with E-state index in [1.165, 1.54) is 16.2 Å². The molecular formula is C28H28ClNO4S. The van der Waals surface area contributed by atoms with Crippen molar-refractivity contribution in [1.82, 2.24) is 0 Å². The Morgan fingerprint density at radius 3 is 2.49 bits per heavy atom. The van der Waals surface area contributed by atoms with Crippen molar-refractivity contribution >= 4 is 46.1 Å². The highest BCUT2D eigenvalue weighted by Gasteiger charge is 2.48. The molecule has 1 fully saturated rings. The molecule has 1 aromatic heterocycles. The molecule has 1 aliphatic heterocycles. The van der Waals surface area contributed by atoms with Crippen LogP contribution < -0.4 is 9.64 Å². The lowest BCUT2D eigenvalue weighted by Gasteiger charge is -2.26. The van der Waals surface area contributed by atoms with Gasteiger partial charge in [0.2, 0.25) is 0 Å². The molecule has 4 rings (SSSR count). The zero-order valence-electron chi connectivity index (χ0n) is 20.4. The van der Waals surface area contributed by atoms with Gasteiger partial charge in [-0.1, -0.05) is 38.4 Å². The Morgan fingerprint density at radius 2 is 1.89 bits per heavy atom. The summed E-state index contributed by atoms with van der Waals surface area (Å²) in [7, 11) is 0. The maximum atomic E-state index is 13.4. The normalized spacial score (nSPS) is 17.8. The summed E-state index contributed by atoms with van der Waals surface area (Å²) >= 11 is 7.66. The van der Waals surface area contributed by atoms with Crippen LogP contribution in [0.25, 0.3) is 5.76 Å². The fraction of sp³-hybridized carbons (Fsp3) is 0.286. The van der Waals surface area contributed by atoms with Crippen LogP contribution in [0, 0.1) is 6.92 Å². The monoisotopic (exact) mass is 509 g/mol. The number of hydrogen-bond donors (Lipinski definition) is 1. The number of anilines is 1. The number of hydrogen-bond acceptors (Lipinski definition) is 5. The van der Waals surface area contributed by atoms with Crippen molar-refractivity contribution in [3.63, 3.8) is 0 Å². The molecule has 2 heterocycles. The van der Waals surface area contributed by atoms with Gasteiger partial charge in [-0.15, -0.1) is 11.3 Å². The Hall–Kier alpha value is -3.09. The number of ketones is 1. The van der Waals surface area contributed by atoms with E-state index in [0.29, 0.717) is 22.9 Å². The van der Waals surface area contributed by atoms with Gasteiger partial charge in [0.15, 0.2) is 0 Å². The van der Waals surface area contributed by atoms with Crippen LogP contribution >= 0.6 is 22.9 Å². The van der Waals surface area contributed by atoms with Crippen LogP contribution in [0.1, 0.15) is 55.3 Å². The number of aryl methyl sites for hydroxylation is 1. The van der Waals surface area contributed by atoms with E-state index in [-0.39, 0.29) is 16.7 Å². The molecule has 2 aromatic carbocycles. The third-order valence-electron chi connectivity index (χ3n) is 6.04. The fourth-order valence-corrected chi connectivity index (χ4v) is 5.55. The zero-order valence-corrected chi connectivity index (χ0v) is 22.0. The van der Waals surface area contributed by atoms with E-state index in [1.54, 1.807) is 36.4 Å². The predicted molar refractivity (Wildman–Crippen MR) is 142 cm³/mol. The number of ether oxygens (including phenoxy) is 1. The summed E-state index contributed by atoms with van der Waals surface area (Å²) in [5, 5.41) is 13.9. The second-order valence-corrected chi connectivity index (χ2v) is 10.9. The van der Waals surface area contributed by atoms with Gasteiger partial charge >= 0.3 is 0 Å². The number of thiophene rings is 1. The molecule has 1 unspecified atom stereocenters. The van der Waals surface area contributed by atoms with E-state index in [2.05, 4.69) is 20.8 Å². The third-order valence-corrected chi connectivity index (χ3v) is 7.35. The number of nitrogens with zero attached hydrogens (tertiary/aromatic N) is 1. The minimum absolute atomic E-state index is 0.0598. The van der Waals surface area contributed by atoms with Gasteiger partial charge in [0.25, 0.3) is 11.7 Å². The molecule has 0 aliphatic carbocycles. The molecule has 1 atom stereocenters. The van der Waals surface area contributed by atoms with Crippen molar-refractivity contribution in [2.75, 3.05) is 11.5 Å². The van der Waals surface area contributed by atoms with Crippen LogP contribution in [0.2, 0.25) is 5.02 Å². The average molecular weight is 510 g/mol. The van der Waals surface area contributed by atoms with Crippen molar-refractivity contribution in [3.05, 3.63) is 86.1 Å². The van der Waals surface area contributed by atoms with Crippen molar-refractivity contribution in [3.8, 4) is 5.75 Å². The second-order valence-electron chi connectivity index (χ2n) is 9.51. The summed E-state index contributed by atoms with van der Waals surface area (Å²) in [6.45, 7) is 10.5. The summed E-state index contributed by atoms with van der Waals surface area (Å²) in [5.41, 5.74) is 2.58. The van der Waals surface area contributed by atoms with E-state index >= 15 is 0 Å². The van der Waals surface area contributed by atoms with E-state index in [9.17, 15) is 14.7 Å². The smallest absolute Gasteiger partial charge is 0.300 e. The maximum absolute atomic E-state index is 13.4. The summed E-state index contributed by atoms with van der Waals surface area (Å²) in [4.78, 5) is 29.0. The first-order valence-corrected chi connectivity index (χ1v) is 12.7. The van der Waals surface area contributed by atoms with Gasteiger partial charge in [-0.05, 0) is 72.7 Å². The number of aliphatic hydroxyl groups excluding tert-OH is 1. The van der Waals surface area contributed by atoms with E-state index < -0.39 is 17.7 Å². The standard InChI is InChI=1S/C28H28ClNO4S/c1-6-34-21-11-10-17(14-20(21)28(3,4)5)24(31)22-23(26-16(2)12-13-35-26)30(27(33)25(22)32)19-9-7-8-18(29)15-19/h7-15,23,31H,6H2,1-5H3/b24-22-. The minimum Gasteiger partial charge on any atom is -0.507 e. The van der Waals surface area contributed by atoms with Gasteiger partial charge < -0.3 is 9.84 Å². The quantitative estimate of drug-likeness (QED) is 0.228. The van der Waals surface area contributed by atoms with Crippen LogP contribution in [-0.2, 0) is 15.0 Å². The van der Waals surface area contributed by atoms with Crippen LogP contribution in [0.5, 0.6) is 5.75 Å². The summed E-state index contributed by atoms with van der Waals surface area (Å²) in [6, 6.07) is 13.4. The number of carbonyl (C=O) groups excluding carboxylic acids is 2. The zero-order chi connectivity index (χ0) is 25.5. The SMILES string of the molecule is CCOc1ccc(/C(O)=C2/C(=O)C(=O)N(c3cccc(Cl)c3)C2c2sccc2C)cc1C(C)(C)C. The number of aliphatic hydroxyl groups is 1. The van der Waals surface area contributed by atoms with Gasteiger partial charge in [0.1, 0.15) is 17.6 Å². The summed E-state index contributed by atoms with van der Waals surface area (Å²) in [6.07, 6.45) is 0. The Morgan fingerprint density at radius 1 is 1.14 bits per heavy atom. The number of halogens is 1. The second kappa shape index (κ2) is 9.51.